The maximum Gasteiger partial charge on any atom is 0.191 e. The van der Waals surface area contributed by atoms with Crippen LogP contribution in [-0.4, -0.2) is 45.1 Å². The first-order chi connectivity index (χ1) is 11.6. The molecule has 0 aliphatic heterocycles. The summed E-state index contributed by atoms with van der Waals surface area (Å²) in [6.45, 7) is 1.47. The van der Waals surface area contributed by atoms with Gasteiger partial charge in [-0.25, -0.2) is 4.39 Å². The lowest BCUT2D eigenvalue weighted by Gasteiger charge is -2.26. The first kappa shape index (κ1) is 18.4. The lowest BCUT2D eigenvalue weighted by atomic mass is 10.1. The number of nitrogens with one attached hydrogen (secondary N) is 2. The predicted octanol–water partition coefficient (Wildman–Crippen LogP) is 2.90. The molecule has 6 heteroatoms. The Hall–Kier alpha value is -1.92. The van der Waals surface area contributed by atoms with Gasteiger partial charge in [-0.1, -0.05) is 18.2 Å². The summed E-state index contributed by atoms with van der Waals surface area (Å²) in [5, 5.41) is 8.73. The minimum Gasteiger partial charge on any atom is -0.356 e. The Labute approximate surface area is 147 Å². The molecule has 0 spiro atoms. The summed E-state index contributed by atoms with van der Waals surface area (Å²) in [6.07, 6.45) is 0.972. The normalized spacial score (nSPS) is 13.1. The maximum atomic E-state index is 13.5. The van der Waals surface area contributed by atoms with Gasteiger partial charge in [0.15, 0.2) is 5.96 Å². The van der Waals surface area contributed by atoms with Crippen LogP contribution in [-0.2, 0) is 6.42 Å². The van der Waals surface area contributed by atoms with E-state index in [0.717, 1.165) is 24.5 Å². The number of nitrogens with zero attached hydrogens (tertiary/aromatic N) is 2. The molecule has 2 rings (SSSR count). The van der Waals surface area contributed by atoms with Gasteiger partial charge in [0.05, 0.1) is 6.04 Å². The molecule has 1 aromatic carbocycles. The van der Waals surface area contributed by atoms with Crippen LogP contribution in [0.2, 0.25) is 0 Å². The van der Waals surface area contributed by atoms with Crippen LogP contribution in [0.1, 0.15) is 16.5 Å². The van der Waals surface area contributed by atoms with Gasteiger partial charge in [-0.05, 0) is 49.7 Å². The summed E-state index contributed by atoms with van der Waals surface area (Å²) < 4.78 is 13.5. The molecule has 1 aromatic heterocycles. The second-order valence-electron chi connectivity index (χ2n) is 5.74. The zero-order chi connectivity index (χ0) is 17.4. The van der Waals surface area contributed by atoms with Gasteiger partial charge in [0, 0.05) is 25.0 Å². The van der Waals surface area contributed by atoms with Crippen molar-refractivity contribution in [1.29, 1.82) is 0 Å². The van der Waals surface area contributed by atoms with Crippen LogP contribution in [0, 0.1) is 5.82 Å². The van der Waals surface area contributed by atoms with Gasteiger partial charge in [-0.15, -0.1) is 11.3 Å². The first-order valence-corrected chi connectivity index (χ1v) is 8.87. The van der Waals surface area contributed by atoms with E-state index in [2.05, 4.69) is 38.0 Å². The Morgan fingerprint density at radius 1 is 1.25 bits per heavy atom. The summed E-state index contributed by atoms with van der Waals surface area (Å²) in [5.41, 5.74) is 0.946. The third kappa shape index (κ3) is 5.62. The van der Waals surface area contributed by atoms with Gasteiger partial charge in [-0.2, -0.15) is 0 Å². The third-order valence-corrected chi connectivity index (χ3v) is 4.72. The maximum absolute atomic E-state index is 13.5. The molecule has 0 saturated heterocycles. The predicted molar refractivity (Wildman–Crippen MR) is 100 cm³/mol. The van der Waals surface area contributed by atoms with Gasteiger partial charge in [0.25, 0.3) is 0 Å². The standard InChI is InChI=1S/C18H25FN4S/c1-20-18(21-10-9-16-8-5-11-24-16)22-13-17(23(2)3)14-6-4-7-15(19)12-14/h4-8,11-12,17H,9-10,13H2,1-3H3,(H2,20,21,22). The van der Waals surface area contributed by atoms with Gasteiger partial charge < -0.3 is 15.5 Å². The second-order valence-corrected chi connectivity index (χ2v) is 6.78. The van der Waals surface area contributed by atoms with Crippen LogP contribution < -0.4 is 10.6 Å². The molecule has 24 heavy (non-hydrogen) atoms. The van der Waals surface area contributed by atoms with Crippen LogP contribution in [0.25, 0.3) is 0 Å². The molecule has 1 heterocycles. The second kappa shape index (κ2) is 9.39. The van der Waals surface area contributed by atoms with Crippen LogP contribution in [0.4, 0.5) is 4.39 Å². The number of aliphatic imine (C=N–C) groups is 1. The lowest BCUT2D eigenvalue weighted by Crippen LogP contribution is -2.42. The lowest BCUT2D eigenvalue weighted by molar-refractivity contribution is 0.297. The molecule has 0 aliphatic carbocycles. The van der Waals surface area contributed by atoms with E-state index in [9.17, 15) is 4.39 Å². The monoisotopic (exact) mass is 348 g/mol. The van der Waals surface area contributed by atoms with E-state index in [1.165, 1.54) is 10.9 Å². The quantitative estimate of drug-likeness (QED) is 0.597. The van der Waals surface area contributed by atoms with Crippen molar-refractivity contribution in [3.8, 4) is 0 Å². The van der Waals surface area contributed by atoms with E-state index in [1.54, 1.807) is 30.5 Å². The molecule has 0 amide bonds. The van der Waals surface area contributed by atoms with Crippen LogP contribution in [0.15, 0.2) is 46.8 Å². The van der Waals surface area contributed by atoms with Crippen molar-refractivity contribution in [2.75, 3.05) is 34.2 Å². The number of hydrogen-bond acceptors (Lipinski definition) is 3. The van der Waals surface area contributed by atoms with Gasteiger partial charge >= 0.3 is 0 Å². The van der Waals surface area contributed by atoms with Crippen LogP contribution in [0.3, 0.4) is 0 Å². The molecule has 4 nitrogen and oxygen atoms in total. The highest BCUT2D eigenvalue weighted by atomic mass is 32.1. The zero-order valence-electron chi connectivity index (χ0n) is 14.4. The minimum absolute atomic E-state index is 0.0662. The average molecular weight is 348 g/mol. The molecule has 0 bridgehead atoms. The van der Waals surface area contributed by atoms with Crippen LogP contribution >= 0.6 is 11.3 Å². The van der Waals surface area contributed by atoms with Crippen LogP contribution in [0.5, 0.6) is 0 Å². The number of hydrogen-bond donors (Lipinski definition) is 2. The summed E-state index contributed by atoms with van der Waals surface area (Å²) in [4.78, 5) is 7.68. The molecule has 0 aliphatic rings. The third-order valence-electron chi connectivity index (χ3n) is 3.79. The fraction of sp³-hybridized carbons (Fsp3) is 0.389. The Morgan fingerprint density at radius 3 is 2.71 bits per heavy atom. The molecule has 130 valence electrons. The molecule has 0 radical (unpaired) electrons. The van der Waals surface area contributed by atoms with E-state index in [-0.39, 0.29) is 11.9 Å². The average Bonchev–Trinajstić information content (AvgIpc) is 3.06. The summed E-state index contributed by atoms with van der Waals surface area (Å²) >= 11 is 1.76. The van der Waals surface area contributed by atoms with Gasteiger partial charge in [0.2, 0.25) is 0 Å². The fourth-order valence-electron chi connectivity index (χ4n) is 2.49. The topological polar surface area (TPSA) is 39.7 Å². The number of rotatable bonds is 7. The molecule has 1 unspecified atom stereocenters. The highest BCUT2D eigenvalue weighted by Crippen LogP contribution is 2.18. The fourth-order valence-corrected chi connectivity index (χ4v) is 3.19. The van der Waals surface area contributed by atoms with Crippen molar-refractivity contribution in [2.24, 2.45) is 4.99 Å². The molecular weight excluding hydrogens is 323 g/mol. The van der Waals surface area contributed by atoms with E-state index >= 15 is 0 Å². The SMILES string of the molecule is CN=C(NCCc1cccs1)NCC(c1cccc(F)c1)N(C)C. The van der Waals surface area contributed by atoms with E-state index < -0.39 is 0 Å². The van der Waals surface area contributed by atoms with Crippen molar-refractivity contribution < 1.29 is 4.39 Å². The molecule has 2 aromatic rings. The summed E-state index contributed by atoms with van der Waals surface area (Å²) in [6, 6.07) is 11.0. The smallest absolute Gasteiger partial charge is 0.191 e. The molecule has 1 atom stereocenters. The molecule has 0 saturated carbocycles. The number of guanidine groups is 1. The van der Waals surface area contributed by atoms with Gasteiger partial charge in [-0.3, -0.25) is 4.99 Å². The van der Waals surface area contributed by atoms with Gasteiger partial charge in [0.1, 0.15) is 5.82 Å². The van der Waals surface area contributed by atoms with Crippen molar-refractivity contribution >= 4 is 17.3 Å². The van der Waals surface area contributed by atoms with Crippen molar-refractivity contribution in [2.45, 2.75) is 12.5 Å². The first-order valence-electron chi connectivity index (χ1n) is 7.99. The number of likely N-dealkylation sites (N-methyl/N-ethyl adjacent to an activating group) is 1. The number of thiophene rings is 1. The summed E-state index contributed by atoms with van der Waals surface area (Å²) in [5.74, 6) is 0.549. The molecule has 2 N–H and O–H groups in total. The van der Waals surface area contributed by atoms with E-state index in [0.29, 0.717) is 6.54 Å². The largest absolute Gasteiger partial charge is 0.356 e. The van der Waals surface area contributed by atoms with Crippen molar-refractivity contribution in [1.82, 2.24) is 15.5 Å². The number of halogens is 1. The summed E-state index contributed by atoms with van der Waals surface area (Å²) in [7, 11) is 5.74. The Kier molecular flexibility index (Phi) is 7.21. The zero-order valence-corrected chi connectivity index (χ0v) is 15.2. The van der Waals surface area contributed by atoms with E-state index in [4.69, 9.17) is 0 Å². The molecular formula is C18H25FN4S. The van der Waals surface area contributed by atoms with E-state index in [1.807, 2.05) is 20.2 Å². The number of benzene rings is 1. The Bertz CT molecular complexity index is 640. The van der Waals surface area contributed by atoms with Crippen molar-refractivity contribution in [3.63, 3.8) is 0 Å². The van der Waals surface area contributed by atoms with Crippen molar-refractivity contribution in [3.05, 3.63) is 58.0 Å². The Morgan fingerprint density at radius 2 is 2.08 bits per heavy atom. The minimum atomic E-state index is -0.210. The highest BCUT2D eigenvalue weighted by Gasteiger charge is 2.15. The Balaban J connectivity index is 1.87. The highest BCUT2D eigenvalue weighted by molar-refractivity contribution is 7.09. The molecule has 0 fully saturated rings.